The summed E-state index contributed by atoms with van der Waals surface area (Å²) in [6.45, 7) is 0. The van der Waals surface area contributed by atoms with Crippen LogP contribution in [0.3, 0.4) is 0 Å². The van der Waals surface area contributed by atoms with Gasteiger partial charge in [0.15, 0.2) is 12.2 Å². The number of carboxylic acids is 1. The summed E-state index contributed by atoms with van der Waals surface area (Å²) < 4.78 is 11.9. The molecule has 4 aromatic carbocycles. The third-order valence-electron chi connectivity index (χ3n) is 5.48. The van der Waals surface area contributed by atoms with Gasteiger partial charge in [0.1, 0.15) is 11.5 Å². The molecule has 0 fully saturated rings. The smallest absolute Gasteiger partial charge is 0.412 e. The van der Waals surface area contributed by atoms with E-state index in [2.05, 4.69) is 5.32 Å². The fourth-order valence-electron chi connectivity index (χ4n) is 3.79. The molecule has 0 aliphatic carbocycles. The molecule has 0 heterocycles. The number of carbonyl (C=O) groups is 2. The zero-order valence-electron chi connectivity index (χ0n) is 19.4. The zero-order chi connectivity index (χ0) is 26.2. The number of phenolic OH excluding ortho intramolecular Hbond substituents is 1. The topological polar surface area (TPSA) is 129 Å². The minimum atomic E-state index is -1.20. The van der Waals surface area contributed by atoms with Gasteiger partial charge in [0.25, 0.3) is 0 Å². The van der Waals surface area contributed by atoms with Crippen molar-refractivity contribution >= 4 is 28.5 Å². The molecule has 0 unspecified atom stereocenters. The van der Waals surface area contributed by atoms with Crippen LogP contribution >= 0.6 is 0 Å². The molecule has 0 radical (unpaired) electrons. The number of ether oxygens (including phenoxy) is 2. The number of carbonyl (C=O) groups excluding carboxylic acids is 1. The maximum atomic E-state index is 13.0. The van der Waals surface area contributed by atoms with Crippen LogP contribution in [-0.2, 0) is 9.53 Å². The Morgan fingerprint density at radius 2 is 1.57 bits per heavy atom. The van der Waals surface area contributed by atoms with Crippen LogP contribution in [0.2, 0.25) is 0 Å². The van der Waals surface area contributed by atoms with Crippen LogP contribution in [0.25, 0.3) is 10.8 Å². The standard InChI is InChI=1S/C29H22N2O6/c30-18-19-10-12-20(13-11-19)31-29(35)37-28(24-14-15-25(32)23-9-5-4-8-22(23)24)26(16-17-27(33)34)36-21-6-2-1-3-7-21/h1-17,26,28,32H,(H,31,35)(H,33,34)/b17-16+/t26-,28-/m0/s1. The maximum Gasteiger partial charge on any atom is 0.412 e. The number of benzene rings is 4. The van der Waals surface area contributed by atoms with E-state index in [9.17, 15) is 19.8 Å². The van der Waals surface area contributed by atoms with Crippen molar-refractivity contribution in [3.05, 3.63) is 114 Å². The Kier molecular flexibility index (Phi) is 7.66. The summed E-state index contributed by atoms with van der Waals surface area (Å²) in [5.41, 5.74) is 1.33. The Morgan fingerprint density at radius 3 is 2.24 bits per heavy atom. The first-order valence-corrected chi connectivity index (χ1v) is 11.3. The largest absolute Gasteiger partial charge is 0.507 e. The molecule has 8 nitrogen and oxygen atoms in total. The molecule has 0 bridgehead atoms. The van der Waals surface area contributed by atoms with E-state index in [0.717, 1.165) is 6.08 Å². The Labute approximate surface area is 212 Å². The van der Waals surface area contributed by atoms with E-state index in [1.807, 2.05) is 6.07 Å². The zero-order valence-corrected chi connectivity index (χ0v) is 19.4. The van der Waals surface area contributed by atoms with Crippen molar-refractivity contribution in [2.24, 2.45) is 0 Å². The van der Waals surface area contributed by atoms with Crippen molar-refractivity contribution < 1.29 is 29.3 Å². The van der Waals surface area contributed by atoms with Gasteiger partial charge < -0.3 is 19.7 Å². The normalized spacial score (nSPS) is 12.4. The van der Waals surface area contributed by atoms with E-state index in [-0.39, 0.29) is 5.75 Å². The quantitative estimate of drug-likeness (QED) is 0.264. The van der Waals surface area contributed by atoms with Gasteiger partial charge in [-0.1, -0.05) is 48.5 Å². The summed E-state index contributed by atoms with van der Waals surface area (Å²) in [6, 6.07) is 27.1. The van der Waals surface area contributed by atoms with Gasteiger partial charge in [-0.05, 0) is 53.9 Å². The number of para-hydroxylation sites is 1. The molecule has 184 valence electrons. The highest BCUT2D eigenvalue weighted by Crippen LogP contribution is 2.35. The SMILES string of the molecule is N#Cc1ccc(NC(=O)O[C@@H](c2ccc(O)c3ccccc23)[C@H](/C=C/C(=O)O)Oc2ccccc2)cc1. The third-order valence-corrected chi connectivity index (χ3v) is 5.48. The Morgan fingerprint density at radius 1 is 0.892 bits per heavy atom. The molecule has 4 aromatic rings. The fraction of sp³-hybridized carbons (Fsp3) is 0.0690. The summed E-state index contributed by atoms with van der Waals surface area (Å²) in [5, 5.41) is 32.4. The molecule has 0 aromatic heterocycles. The molecule has 4 rings (SSSR count). The van der Waals surface area contributed by atoms with Gasteiger partial charge in [-0.2, -0.15) is 5.26 Å². The van der Waals surface area contributed by atoms with Gasteiger partial charge in [0, 0.05) is 22.7 Å². The van der Waals surface area contributed by atoms with E-state index >= 15 is 0 Å². The molecule has 1 amide bonds. The van der Waals surface area contributed by atoms with Gasteiger partial charge in [0.2, 0.25) is 0 Å². The summed E-state index contributed by atoms with van der Waals surface area (Å²) in [7, 11) is 0. The van der Waals surface area contributed by atoms with Gasteiger partial charge in [-0.15, -0.1) is 0 Å². The van der Waals surface area contributed by atoms with Crippen LogP contribution in [0.5, 0.6) is 11.5 Å². The van der Waals surface area contributed by atoms with E-state index in [0.29, 0.717) is 33.3 Å². The summed E-state index contributed by atoms with van der Waals surface area (Å²) in [4.78, 5) is 24.4. The first-order valence-electron chi connectivity index (χ1n) is 11.3. The Balaban J connectivity index is 1.75. The lowest BCUT2D eigenvalue weighted by Gasteiger charge is -2.27. The Hall–Kier alpha value is -5.29. The number of phenols is 1. The predicted octanol–water partition coefficient (Wildman–Crippen LogP) is 5.80. The van der Waals surface area contributed by atoms with Crippen LogP contribution < -0.4 is 10.1 Å². The number of nitrogens with zero attached hydrogens (tertiary/aromatic N) is 1. The third kappa shape index (κ3) is 6.24. The van der Waals surface area contributed by atoms with Crippen molar-refractivity contribution in [3.63, 3.8) is 0 Å². The van der Waals surface area contributed by atoms with Gasteiger partial charge in [-0.3, -0.25) is 5.32 Å². The van der Waals surface area contributed by atoms with E-state index in [1.54, 1.807) is 84.9 Å². The number of nitriles is 1. The van der Waals surface area contributed by atoms with Gasteiger partial charge >= 0.3 is 12.1 Å². The van der Waals surface area contributed by atoms with E-state index in [4.69, 9.17) is 14.7 Å². The van der Waals surface area contributed by atoms with Gasteiger partial charge in [0.05, 0.1) is 11.6 Å². The second kappa shape index (κ2) is 11.4. The molecular formula is C29H22N2O6. The molecule has 0 aliphatic rings. The molecule has 0 spiro atoms. The molecule has 0 saturated carbocycles. The minimum absolute atomic E-state index is 0.0433. The summed E-state index contributed by atoms with van der Waals surface area (Å²) >= 11 is 0. The number of aromatic hydroxyl groups is 1. The lowest BCUT2D eigenvalue weighted by Crippen LogP contribution is -2.30. The summed E-state index contributed by atoms with van der Waals surface area (Å²) in [5.74, 6) is -0.716. The van der Waals surface area contributed by atoms with Crippen LogP contribution in [0.15, 0.2) is 103 Å². The van der Waals surface area contributed by atoms with E-state index < -0.39 is 24.3 Å². The average molecular weight is 495 g/mol. The second-order valence-electron chi connectivity index (χ2n) is 7.95. The van der Waals surface area contributed by atoms with Crippen molar-refractivity contribution in [2.45, 2.75) is 12.2 Å². The molecule has 3 N–H and O–H groups in total. The number of hydrogen-bond donors (Lipinski definition) is 3. The van der Waals surface area contributed by atoms with Crippen molar-refractivity contribution in [2.75, 3.05) is 5.32 Å². The maximum absolute atomic E-state index is 13.0. The van der Waals surface area contributed by atoms with Crippen molar-refractivity contribution in [1.29, 1.82) is 5.26 Å². The highest BCUT2D eigenvalue weighted by Gasteiger charge is 2.30. The lowest BCUT2D eigenvalue weighted by atomic mass is 9.96. The number of nitrogens with one attached hydrogen (secondary N) is 1. The first-order chi connectivity index (χ1) is 17.9. The molecule has 37 heavy (non-hydrogen) atoms. The monoisotopic (exact) mass is 494 g/mol. The minimum Gasteiger partial charge on any atom is -0.507 e. The van der Waals surface area contributed by atoms with Crippen molar-refractivity contribution in [3.8, 4) is 17.6 Å². The molecule has 0 saturated heterocycles. The van der Waals surface area contributed by atoms with Crippen LogP contribution in [0.4, 0.5) is 10.5 Å². The number of fused-ring (bicyclic) bond motifs is 1. The van der Waals surface area contributed by atoms with Gasteiger partial charge in [-0.25, -0.2) is 9.59 Å². The second-order valence-corrected chi connectivity index (χ2v) is 7.95. The molecule has 2 atom stereocenters. The molecular weight excluding hydrogens is 472 g/mol. The van der Waals surface area contributed by atoms with Crippen LogP contribution in [-0.4, -0.2) is 28.4 Å². The number of rotatable bonds is 8. The first kappa shape index (κ1) is 24.8. The number of carboxylic acid groups (broad SMARTS) is 1. The average Bonchev–Trinajstić information content (AvgIpc) is 2.91. The number of anilines is 1. The summed E-state index contributed by atoms with van der Waals surface area (Å²) in [6.07, 6.45) is -0.753. The fourth-order valence-corrected chi connectivity index (χ4v) is 3.79. The predicted molar refractivity (Wildman–Crippen MR) is 137 cm³/mol. The lowest BCUT2D eigenvalue weighted by molar-refractivity contribution is -0.131. The highest BCUT2D eigenvalue weighted by molar-refractivity contribution is 5.92. The van der Waals surface area contributed by atoms with E-state index in [1.165, 1.54) is 12.1 Å². The van der Waals surface area contributed by atoms with Crippen LogP contribution in [0.1, 0.15) is 17.2 Å². The molecule has 0 aliphatic heterocycles. The number of aliphatic carboxylic acids is 1. The highest BCUT2D eigenvalue weighted by atomic mass is 16.6. The van der Waals surface area contributed by atoms with Crippen molar-refractivity contribution in [1.82, 2.24) is 0 Å². The Bertz CT molecular complexity index is 1480. The molecule has 8 heteroatoms. The number of hydrogen-bond acceptors (Lipinski definition) is 6. The number of amides is 1. The van der Waals surface area contributed by atoms with Crippen LogP contribution in [0, 0.1) is 11.3 Å².